The second kappa shape index (κ2) is 4.62. The first kappa shape index (κ1) is 12.0. The average molecular weight is 284 g/mol. The quantitative estimate of drug-likeness (QED) is 0.587. The molecular formula is C14H20O2S2. The molecule has 100 valence electrons. The summed E-state index contributed by atoms with van der Waals surface area (Å²) >= 11 is 4.19. The molecule has 4 fully saturated rings. The van der Waals surface area contributed by atoms with Gasteiger partial charge in [-0.2, -0.15) is 23.5 Å². The van der Waals surface area contributed by atoms with Gasteiger partial charge in [-0.1, -0.05) is 0 Å². The molecule has 2 heterocycles. The lowest BCUT2D eigenvalue weighted by Gasteiger charge is -2.23. The predicted octanol–water partition coefficient (Wildman–Crippen LogP) is 3.10. The molecule has 0 spiro atoms. The molecule has 0 aromatic carbocycles. The van der Waals surface area contributed by atoms with Gasteiger partial charge in [0, 0.05) is 21.0 Å². The second-order valence-electron chi connectivity index (χ2n) is 6.25. The number of thioether (sulfide) groups is 2. The lowest BCUT2D eigenvalue weighted by atomic mass is 9.89. The largest absolute Gasteiger partial charge is 0.465 e. The van der Waals surface area contributed by atoms with Crippen LogP contribution in [0.3, 0.4) is 0 Å². The second-order valence-corrected chi connectivity index (χ2v) is 9.21. The van der Waals surface area contributed by atoms with Crippen LogP contribution in [0, 0.1) is 11.8 Å². The van der Waals surface area contributed by atoms with E-state index in [0.29, 0.717) is 12.5 Å². The van der Waals surface area contributed by atoms with Crippen LogP contribution in [0.2, 0.25) is 0 Å². The van der Waals surface area contributed by atoms with Gasteiger partial charge in [0.15, 0.2) is 0 Å². The zero-order valence-electron chi connectivity index (χ0n) is 10.5. The molecule has 2 aliphatic heterocycles. The summed E-state index contributed by atoms with van der Waals surface area (Å²) in [6.45, 7) is 0.695. The molecule has 4 rings (SSSR count). The van der Waals surface area contributed by atoms with Crippen molar-refractivity contribution in [2.24, 2.45) is 11.8 Å². The molecule has 6 unspecified atom stereocenters. The summed E-state index contributed by atoms with van der Waals surface area (Å²) in [6.07, 6.45) is 7.29. The summed E-state index contributed by atoms with van der Waals surface area (Å²) < 4.78 is 5.60. The fourth-order valence-electron chi connectivity index (χ4n) is 3.57. The zero-order chi connectivity index (χ0) is 12.1. The van der Waals surface area contributed by atoms with Gasteiger partial charge < -0.3 is 4.74 Å². The van der Waals surface area contributed by atoms with Crippen LogP contribution in [0.25, 0.3) is 0 Å². The molecule has 6 atom stereocenters. The highest BCUT2D eigenvalue weighted by Gasteiger charge is 2.46. The van der Waals surface area contributed by atoms with Crippen molar-refractivity contribution < 1.29 is 9.53 Å². The van der Waals surface area contributed by atoms with E-state index in [1.54, 1.807) is 0 Å². The SMILES string of the molecule is O=C(OCC1CCC2SC2C1)C1CCC2SC2C1. The van der Waals surface area contributed by atoms with Crippen LogP contribution >= 0.6 is 23.5 Å². The first-order chi connectivity index (χ1) is 8.79. The van der Waals surface area contributed by atoms with Crippen LogP contribution in [-0.2, 0) is 9.53 Å². The van der Waals surface area contributed by atoms with Crippen LogP contribution in [0.15, 0.2) is 0 Å². The van der Waals surface area contributed by atoms with E-state index in [0.717, 1.165) is 33.8 Å². The minimum Gasteiger partial charge on any atom is -0.465 e. The molecule has 2 aliphatic carbocycles. The van der Waals surface area contributed by atoms with E-state index in [9.17, 15) is 4.79 Å². The van der Waals surface area contributed by atoms with E-state index in [4.69, 9.17) is 4.74 Å². The van der Waals surface area contributed by atoms with Gasteiger partial charge in [0.25, 0.3) is 0 Å². The molecule has 2 saturated carbocycles. The monoisotopic (exact) mass is 284 g/mol. The van der Waals surface area contributed by atoms with E-state index in [1.165, 1.54) is 25.7 Å². The van der Waals surface area contributed by atoms with Gasteiger partial charge >= 0.3 is 5.97 Å². The van der Waals surface area contributed by atoms with Gasteiger partial charge in [0.1, 0.15) is 0 Å². The summed E-state index contributed by atoms with van der Waals surface area (Å²) in [5.41, 5.74) is 0. The van der Waals surface area contributed by atoms with Crippen LogP contribution in [0.1, 0.15) is 38.5 Å². The van der Waals surface area contributed by atoms with Gasteiger partial charge in [-0.15, -0.1) is 0 Å². The van der Waals surface area contributed by atoms with E-state index >= 15 is 0 Å². The Balaban J connectivity index is 1.23. The molecular weight excluding hydrogens is 264 g/mol. The third-order valence-corrected chi connectivity index (χ3v) is 7.85. The van der Waals surface area contributed by atoms with Crippen LogP contribution < -0.4 is 0 Å². The standard InChI is InChI=1S/C14H20O2S2/c15-14(9-2-4-11-13(6-9)18-11)16-7-8-1-3-10-12(5-8)17-10/h8-13H,1-7H2. The highest BCUT2D eigenvalue weighted by Crippen LogP contribution is 2.53. The fraction of sp³-hybridized carbons (Fsp3) is 0.929. The summed E-state index contributed by atoms with van der Waals surface area (Å²) in [4.78, 5) is 12.1. The maximum atomic E-state index is 12.1. The smallest absolute Gasteiger partial charge is 0.308 e. The molecule has 0 amide bonds. The lowest BCUT2D eigenvalue weighted by molar-refractivity contribution is -0.151. The van der Waals surface area contributed by atoms with Gasteiger partial charge in [-0.05, 0) is 44.4 Å². The Labute approximate surface area is 117 Å². The molecule has 18 heavy (non-hydrogen) atoms. The number of carbonyl (C=O) groups is 1. The summed E-state index contributed by atoms with van der Waals surface area (Å²) in [6, 6.07) is 0. The molecule has 0 bridgehead atoms. The maximum Gasteiger partial charge on any atom is 0.308 e. The van der Waals surface area contributed by atoms with Crippen LogP contribution in [0.5, 0.6) is 0 Å². The molecule has 2 nitrogen and oxygen atoms in total. The minimum atomic E-state index is 0.103. The number of hydrogen-bond donors (Lipinski definition) is 0. The Bertz CT molecular complexity index is 360. The van der Waals surface area contributed by atoms with Gasteiger partial charge in [-0.25, -0.2) is 0 Å². The van der Waals surface area contributed by atoms with Crippen molar-refractivity contribution in [1.29, 1.82) is 0 Å². The number of fused-ring (bicyclic) bond motifs is 2. The fourth-order valence-corrected chi connectivity index (χ4v) is 6.06. The average Bonchev–Trinajstić information content (AvgIpc) is 3.26. The molecule has 4 heteroatoms. The number of rotatable bonds is 3. The van der Waals surface area contributed by atoms with Gasteiger partial charge in [-0.3, -0.25) is 4.79 Å². The predicted molar refractivity (Wildman–Crippen MR) is 76.0 cm³/mol. The van der Waals surface area contributed by atoms with Gasteiger partial charge in [0.05, 0.1) is 12.5 Å². The Morgan fingerprint density at radius 3 is 2.39 bits per heavy atom. The topological polar surface area (TPSA) is 26.3 Å². The Hall–Kier alpha value is 0.170. The van der Waals surface area contributed by atoms with Crippen LogP contribution in [-0.4, -0.2) is 33.6 Å². The Morgan fingerprint density at radius 2 is 1.67 bits per heavy atom. The van der Waals surface area contributed by atoms with Crippen molar-refractivity contribution >= 4 is 29.5 Å². The van der Waals surface area contributed by atoms with Crippen molar-refractivity contribution in [3.8, 4) is 0 Å². The van der Waals surface area contributed by atoms with Crippen molar-refractivity contribution in [2.75, 3.05) is 6.61 Å². The highest BCUT2D eigenvalue weighted by molar-refractivity contribution is 8.07. The minimum absolute atomic E-state index is 0.103. The number of hydrogen-bond acceptors (Lipinski definition) is 4. The van der Waals surface area contributed by atoms with Gasteiger partial charge in [0.2, 0.25) is 0 Å². The van der Waals surface area contributed by atoms with Crippen molar-refractivity contribution in [1.82, 2.24) is 0 Å². The maximum absolute atomic E-state index is 12.1. The summed E-state index contributed by atoms with van der Waals surface area (Å²) in [7, 11) is 0. The van der Waals surface area contributed by atoms with E-state index in [1.807, 2.05) is 0 Å². The van der Waals surface area contributed by atoms with E-state index in [-0.39, 0.29) is 11.9 Å². The molecule has 0 aromatic rings. The Morgan fingerprint density at radius 1 is 0.944 bits per heavy atom. The lowest BCUT2D eigenvalue weighted by Crippen LogP contribution is -2.27. The highest BCUT2D eigenvalue weighted by atomic mass is 32.2. The molecule has 0 N–H and O–H groups in total. The van der Waals surface area contributed by atoms with Crippen molar-refractivity contribution in [3.63, 3.8) is 0 Å². The normalized spacial score (nSPS) is 48.9. The van der Waals surface area contributed by atoms with Crippen LogP contribution in [0.4, 0.5) is 0 Å². The van der Waals surface area contributed by atoms with E-state index < -0.39 is 0 Å². The van der Waals surface area contributed by atoms with Crippen molar-refractivity contribution in [3.05, 3.63) is 0 Å². The molecule has 0 aromatic heterocycles. The third kappa shape index (κ3) is 2.43. The third-order valence-electron chi connectivity index (χ3n) is 4.91. The summed E-state index contributed by atoms with van der Waals surface area (Å²) in [5, 5.41) is 3.53. The first-order valence-electron chi connectivity index (χ1n) is 7.27. The number of carbonyl (C=O) groups excluding carboxylic acids is 1. The molecule has 0 radical (unpaired) electrons. The molecule has 2 saturated heterocycles. The Kier molecular flexibility index (Phi) is 3.07. The van der Waals surface area contributed by atoms with Crippen molar-refractivity contribution in [2.45, 2.75) is 59.5 Å². The number of esters is 1. The van der Waals surface area contributed by atoms with E-state index in [2.05, 4.69) is 23.5 Å². The summed E-state index contributed by atoms with van der Waals surface area (Å²) in [5.74, 6) is 0.969. The molecule has 4 aliphatic rings. The first-order valence-corrected chi connectivity index (χ1v) is 9.15. The number of ether oxygens (including phenoxy) is 1. The zero-order valence-corrected chi connectivity index (χ0v) is 12.2.